The van der Waals surface area contributed by atoms with E-state index in [0.717, 1.165) is 22.5 Å². The summed E-state index contributed by atoms with van der Waals surface area (Å²) in [4.78, 5) is 12.0. The Bertz CT molecular complexity index is 1070. The van der Waals surface area contributed by atoms with Gasteiger partial charge < -0.3 is 10.6 Å². The van der Waals surface area contributed by atoms with Crippen LogP contribution in [0.1, 0.15) is 53.5 Å². The van der Waals surface area contributed by atoms with E-state index in [1.54, 1.807) is 6.07 Å². The topological polar surface area (TPSA) is 64.9 Å². The second kappa shape index (κ2) is 5.57. The van der Waals surface area contributed by atoms with Crippen molar-refractivity contribution in [2.45, 2.75) is 37.6 Å². The number of rotatable bonds is 1. The van der Waals surface area contributed by atoms with Gasteiger partial charge in [-0.05, 0) is 83.9 Å². The van der Waals surface area contributed by atoms with Crippen molar-refractivity contribution in [3.63, 3.8) is 0 Å². The summed E-state index contributed by atoms with van der Waals surface area (Å²) in [6.07, 6.45) is 4.17. The number of nitrogens with zero attached hydrogens (tertiary/aromatic N) is 1. The molecule has 2 heterocycles. The predicted molar refractivity (Wildman–Crippen MR) is 103 cm³/mol. The molecule has 5 atom stereocenters. The van der Waals surface area contributed by atoms with Gasteiger partial charge in [0.1, 0.15) is 11.9 Å². The molecule has 2 aliphatic carbocycles. The molecule has 0 saturated heterocycles. The maximum atomic E-state index is 13.9. The largest absolute Gasteiger partial charge is 0.378 e. The third-order valence-electron chi connectivity index (χ3n) is 7.45. The lowest BCUT2D eigenvalue weighted by atomic mass is 9.67. The number of benzene rings is 2. The lowest BCUT2D eigenvalue weighted by Gasteiger charge is -2.44. The highest BCUT2D eigenvalue weighted by atomic mass is 19.1. The Hall–Kier alpha value is -2.87. The van der Waals surface area contributed by atoms with Crippen LogP contribution in [-0.2, 0) is 11.2 Å². The maximum Gasteiger partial charge on any atom is 0.228 e. The molecule has 140 valence electrons. The van der Waals surface area contributed by atoms with Crippen LogP contribution in [0.15, 0.2) is 30.3 Å². The third kappa shape index (κ3) is 2.06. The first-order chi connectivity index (χ1) is 13.6. The van der Waals surface area contributed by atoms with Crippen LogP contribution in [0, 0.1) is 34.9 Å². The van der Waals surface area contributed by atoms with Gasteiger partial charge in [0.2, 0.25) is 5.91 Å². The molecule has 2 unspecified atom stereocenters. The van der Waals surface area contributed by atoms with E-state index < -0.39 is 5.82 Å². The van der Waals surface area contributed by atoms with E-state index in [0.29, 0.717) is 30.1 Å². The molecule has 4 aliphatic rings. The molecule has 6 rings (SSSR count). The number of nitriles is 1. The first kappa shape index (κ1) is 16.1. The Balaban J connectivity index is 1.51. The van der Waals surface area contributed by atoms with Gasteiger partial charge in [0, 0.05) is 11.4 Å². The standard InChI is InChI=1S/C23H20FN3O/c24-16-4-3-13(8-14(16)10-25)23-21-12-2-1-11(7-12)20(21)22-15-9-19(28)26-17(15)5-6-18(22)27-23/h3-6,8,11-12,20-21,23,27H,1-2,7,9H2,(H,26,28)/t11?,12?,20-,21+,23-/m1/s1. The Morgan fingerprint density at radius 3 is 2.79 bits per heavy atom. The number of carbonyl (C=O) groups excluding carboxylic acids is 1. The van der Waals surface area contributed by atoms with Gasteiger partial charge in [0.05, 0.1) is 18.0 Å². The van der Waals surface area contributed by atoms with Crippen LogP contribution in [0.4, 0.5) is 15.8 Å². The lowest BCUT2D eigenvalue weighted by Crippen LogP contribution is -2.36. The van der Waals surface area contributed by atoms with Gasteiger partial charge in [-0.3, -0.25) is 4.79 Å². The average molecular weight is 373 g/mol. The highest BCUT2D eigenvalue weighted by Crippen LogP contribution is 2.64. The summed E-state index contributed by atoms with van der Waals surface area (Å²) in [6.45, 7) is 0. The molecule has 1 amide bonds. The average Bonchev–Trinajstić information content (AvgIpc) is 3.41. The summed E-state index contributed by atoms with van der Waals surface area (Å²) < 4.78 is 13.9. The van der Waals surface area contributed by atoms with Crippen LogP contribution in [0.2, 0.25) is 0 Å². The Morgan fingerprint density at radius 2 is 1.93 bits per heavy atom. The van der Waals surface area contributed by atoms with Gasteiger partial charge in [-0.25, -0.2) is 4.39 Å². The van der Waals surface area contributed by atoms with Crippen LogP contribution in [0.25, 0.3) is 0 Å². The summed E-state index contributed by atoms with van der Waals surface area (Å²) in [7, 11) is 0. The minimum atomic E-state index is -0.464. The van der Waals surface area contributed by atoms with Crippen LogP contribution in [0.3, 0.4) is 0 Å². The molecule has 5 heteroatoms. The minimum absolute atomic E-state index is 0.0717. The monoisotopic (exact) mass is 373 g/mol. The van der Waals surface area contributed by atoms with Crippen LogP contribution in [-0.4, -0.2) is 5.91 Å². The van der Waals surface area contributed by atoms with Crippen molar-refractivity contribution in [2.24, 2.45) is 17.8 Å². The van der Waals surface area contributed by atoms with Gasteiger partial charge in [-0.2, -0.15) is 5.26 Å². The molecule has 0 spiro atoms. The quantitative estimate of drug-likeness (QED) is 0.774. The third-order valence-corrected chi connectivity index (χ3v) is 7.45. The summed E-state index contributed by atoms with van der Waals surface area (Å²) in [5.74, 6) is 1.74. The highest BCUT2D eigenvalue weighted by molar-refractivity contribution is 6.00. The molecule has 2 saturated carbocycles. The molecule has 2 aromatic carbocycles. The van der Waals surface area contributed by atoms with E-state index in [-0.39, 0.29) is 17.5 Å². The maximum absolute atomic E-state index is 13.9. The number of fused-ring (bicyclic) bond motifs is 9. The first-order valence-corrected chi connectivity index (χ1v) is 10.1. The fourth-order valence-electron chi connectivity index (χ4n) is 6.47. The van der Waals surface area contributed by atoms with Crippen molar-refractivity contribution in [2.75, 3.05) is 10.6 Å². The smallest absolute Gasteiger partial charge is 0.228 e. The Morgan fingerprint density at radius 1 is 1.11 bits per heavy atom. The fourth-order valence-corrected chi connectivity index (χ4v) is 6.47. The van der Waals surface area contributed by atoms with Crippen molar-refractivity contribution >= 4 is 17.3 Å². The summed E-state index contributed by atoms with van der Waals surface area (Å²) >= 11 is 0. The number of anilines is 2. The SMILES string of the molecule is N#Cc1cc([C@H]2Nc3ccc4c(c3[C@@H]3C5CCC(C5)[C@H]23)CC(=O)N4)ccc1F. The van der Waals surface area contributed by atoms with Crippen LogP contribution >= 0.6 is 0 Å². The van der Waals surface area contributed by atoms with Gasteiger partial charge in [0.15, 0.2) is 0 Å². The van der Waals surface area contributed by atoms with Crippen molar-refractivity contribution < 1.29 is 9.18 Å². The molecule has 2 fully saturated rings. The van der Waals surface area contributed by atoms with Gasteiger partial charge in [-0.15, -0.1) is 0 Å². The van der Waals surface area contributed by atoms with Crippen molar-refractivity contribution in [3.8, 4) is 6.07 Å². The van der Waals surface area contributed by atoms with E-state index in [9.17, 15) is 14.4 Å². The minimum Gasteiger partial charge on any atom is -0.378 e. The number of nitrogens with one attached hydrogen (secondary N) is 2. The second-order valence-electron chi connectivity index (χ2n) is 8.69. The molecule has 4 nitrogen and oxygen atoms in total. The van der Waals surface area contributed by atoms with Crippen molar-refractivity contribution in [1.29, 1.82) is 5.26 Å². The molecule has 2 bridgehead atoms. The number of halogens is 1. The zero-order chi connectivity index (χ0) is 19.0. The van der Waals surface area contributed by atoms with Crippen molar-refractivity contribution in [3.05, 3.63) is 58.4 Å². The molecular weight excluding hydrogens is 353 g/mol. The highest BCUT2D eigenvalue weighted by Gasteiger charge is 2.54. The molecule has 0 aromatic heterocycles. The number of hydrogen-bond acceptors (Lipinski definition) is 3. The van der Waals surface area contributed by atoms with Gasteiger partial charge in [0.25, 0.3) is 0 Å². The molecule has 2 N–H and O–H groups in total. The van der Waals surface area contributed by atoms with E-state index in [2.05, 4.69) is 16.7 Å². The van der Waals surface area contributed by atoms with Crippen LogP contribution in [0.5, 0.6) is 0 Å². The fraction of sp³-hybridized carbons (Fsp3) is 0.391. The number of hydrogen-bond donors (Lipinski definition) is 2. The van der Waals surface area contributed by atoms with E-state index in [1.807, 2.05) is 18.2 Å². The van der Waals surface area contributed by atoms with E-state index >= 15 is 0 Å². The molecular formula is C23H20FN3O. The summed E-state index contributed by atoms with van der Waals surface area (Å²) in [5, 5.41) is 16.0. The molecule has 2 aromatic rings. The van der Waals surface area contributed by atoms with Gasteiger partial charge >= 0.3 is 0 Å². The Labute approximate surface area is 162 Å². The Kier molecular flexibility index (Phi) is 3.21. The van der Waals surface area contributed by atoms with E-state index in [4.69, 9.17) is 0 Å². The van der Waals surface area contributed by atoms with Crippen molar-refractivity contribution in [1.82, 2.24) is 0 Å². The zero-order valence-corrected chi connectivity index (χ0v) is 15.3. The molecule has 2 aliphatic heterocycles. The molecule has 0 radical (unpaired) electrons. The first-order valence-electron chi connectivity index (χ1n) is 10.1. The predicted octanol–water partition coefficient (Wildman–Crippen LogP) is 4.49. The number of carbonyl (C=O) groups is 1. The normalized spacial score (nSPS) is 31.4. The van der Waals surface area contributed by atoms with Crippen LogP contribution < -0.4 is 10.6 Å². The lowest BCUT2D eigenvalue weighted by molar-refractivity contribution is -0.115. The van der Waals surface area contributed by atoms with Gasteiger partial charge in [-0.1, -0.05) is 6.07 Å². The summed E-state index contributed by atoms with van der Waals surface area (Å²) in [6, 6.07) is 11.1. The summed E-state index contributed by atoms with van der Waals surface area (Å²) in [5.41, 5.74) is 5.63. The zero-order valence-electron chi connectivity index (χ0n) is 15.3. The number of amides is 1. The van der Waals surface area contributed by atoms with E-state index in [1.165, 1.54) is 30.9 Å². The second-order valence-corrected chi connectivity index (χ2v) is 8.69. The molecule has 28 heavy (non-hydrogen) atoms.